The quantitative estimate of drug-likeness (QED) is 0.900. The predicted octanol–water partition coefficient (Wildman–Crippen LogP) is 2.18. The van der Waals surface area contributed by atoms with Crippen LogP contribution in [-0.4, -0.2) is 44.4 Å². The van der Waals surface area contributed by atoms with Crippen molar-refractivity contribution in [1.82, 2.24) is 4.90 Å². The molecule has 4 nitrogen and oxygen atoms in total. The summed E-state index contributed by atoms with van der Waals surface area (Å²) in [5.41, 5.74) is 7.01. The molecule has 1 saturated heterocycles. The predicted molar refractivity (Wildman–Crippen MR) is 79.5 cm³/mol. The molecular formula is C14H21BrN2O2. The monoisotopic (exact) mass is 328 g/mol. The molecule has 0 saturated carbocycles. The number of hydrogen-bond donors (Lipinski definition) is 1. The van der Waals surface area contributed by atoms with Gasteiger partial charge < -0.3 is 15.2 Å². The van der Waals surface area contributed by atoms with Gasteiger partial charge in [0.2, 0.25) is 0 Å². The Morgan fingerprint density at radius 3 is 2.84 bits per heavy atom. The second-order valence-corrected chi connectivity index (χ2v) is 5.69. The SMILES string of the molecule is C[C@@H](N)c1cc(Br)ccc1OCCN1CCOCC1. The molecule has 5 heteroatoms. The molecule has 1 heterocycles. The van der Waals surface area contributed by atoms with Crippen LogP contribution in [0.4, 0.5) is 0 Å². The second kappa shape index (κ2) is 7.24. The fourth-order valence-electron chi connectivity index (χ4n) is 2.12. The third-order valence-electron chi connectivity index (χ3n) is 3.23. The summed E-state index contributed by atoms with van der Waals surface area (Å²) in [7, 11) is 0. The Morgan fingerprint density at radius 2 is 2.16 bits per heavy atom. The van der Waals surface area contributed by atoms with E-state index in [1.54, 1.807) is 0 Å². The summed E-state index contributed by atoms with van der Waals surface area (Å²) in [5, 5.41) is 0. The first-order valence-corrected chi connectivity index (χ1v) is 7.44. The molecule has 0 aromatic heterocycles. The van der Waals surface area contributed by atoms with Crippen molar-refractivity contribution in [2.45, 2.75) is 13.0 Å². The highest BCUT2D eigenvalue weighted by atomic mass is 79.9. The molecule has 1 aromatic carbocycles. The Bertz CT molecular complexity index is 406. The lowest BCUT2D eigenvalue weighted by Crippen LogP contribution is -2.38. The van der Waals surface area contributed by atoms with E-state index in [0.29, 0.717) is 6.61 Å². The third-order valence-corrected chi connectivity index (χ3v) is 3.72. The molecule has 1 atom stereocenters. The van der Waals surface area contributed by atoms with Crippen LogP contribution < -0.4 is 10.5 Å². The molecule has 2 N–H and O–H groups in total. The van der Waals surface area contributed by atoms with Crippen molar-refractivity contribution < 1.29 is 9.47 Å². The van der Waals surface area contributed by atoms with Crippen LogP contribution in [0, 0.1) is 0 Å². The zero-order valence-corrected chi connectivity index (χ0v) is 12.9. The Kier molecular flexibility index (Phi) is 5.63. The van der Waals surface area contributed by atoms with Gasteiger partial charge in [-0.05, 0) is 25.1 Å². The lowest BCUT2D eigenvalue weighted by molar-refractivity contribution is 0.0322. The van der Waals surface area contributed by atoms with E-state index < -0.39 is 0 Å². The van der Waals surface area contributed by atoms with Gasteiger partial charge in [0, 0.05) is 35.7 Å². The van der Waals surface area contributed by atoms with E-state index in [1.165, 1.54) is 0 Å². The smallest absolute Gasteiger partial charge is 0.124 e. The van der Waals surface area contributed by atoms with Crippen molar-refractivity contribution in [3.05, 3.63) is 28.2 Å². The van der Waals surface area contributed by atoms with Gasteiger partial charge in [0.25, 0.3) is 0 Å². The molecule has 1 aliphatic rings. The third kappa shape index (κ3) is 4.45. The average Bonchev–Trinajstić information content (AvgIpc) is 2.41. The summed E-state index contributed by atoms with van der Waals surface area (Å²) in [6.45, 7) is 7.20. The van der Waals surface area contributed by atoms with Gasteiger partial charge in [-0.1, -0.05) is 15.9 Å². The minimum Gasteiger partial charge on any atom is -0.492 e. The van der Waals surface area contributed by atoms with Crippen LogP contribution in [0.1, 0.15) is 18.5 Å². The van der Waals surface area contributed by atoms with Crippen molar-refractivity contribution in [2.75, 3.05) is 39.5 Å². The Morgan fingerprint density at radius 1 is 1.42 bits per heavy atom. The van der Waals surface area contributed by atoms with Crippen LogP contribution in [0.25, 0.3) is 0 Å². The molecule has 0 unspecified atom stereocenters. The van der Waals surface area contributed by atoms with Gasteiger partial charge in [0.1, 0.15) is 12.4 Å². The number of nitrogens with zero attached hydrogens (tertiary/aromatic N) is 1. The number of halogens is 1. The fourth-order valence-corrected chi connectivity index (χ4v) is 2.49. The number of morpholine rings is 1. The van der Waals surface area contributed by atoms with E-state index >= 15 is 0 Å². The maximum atomic E-state index is 5.97. The minimum absolute atomic E-state index is 0.0316. The number of hydrogen-bond acceptors (Lipinski definition) is 4. The molecular weight excluding hydrogens is 308 g/mol. The standard InChI is InChI=1S/C14H21BrN2O2/c1-11(16)13-10-12(15)2-3-14(13)19-9-6-17-4-7-18-8-5-17/h2-3,10-11H,4-9,16H2,1H3/t11-/m1/s1. The van der Waals surface area contributed by atoms with Crippen LogP contribution in [-0.2, 0) is 4.74 Å². The molecule has 1 aromatic rings. The average molecular weight is 329 g/mol. The second-order valence-electron chi connectivity index (χ2n) is 4.77. The van der Waals surface area contributed by atoms with Crippen molar-refractivity contribution >= 4 is 15.9 Å². The highest BCUT2D eigenvalue weighted by Crippen LogP contribution is 2.27. The van der Waals surface area contributed by atoms with Crippen molar-refractivity contribution in [3.8, 4) is 5.75 Å². The largest absolute Gasteiger partial charge is 0.492 e. The van der Waals surface area contributed by atoms with Crippen LogP contribution in [0.15, 0.2) is 22.7 Å². The van der Waals surface area contributed by atoms with E-state index in [0.717, 1.165) is 48.6 Å². The molecule has 0 amide bonds. The van der Waals surface area contributed by atoms with Crippen molar-refractivity contribution in [2.24, 2.45) is 5.73 Å². The van der Waals surface area contributed by atoms with E-state index in [2.05, 4.69) is 20.8 Å². The summed E-state index contributed by atoms with van der Waals surface area (Å²) in [4.78, 5) is 2.36. The summed E-state index contributed by atoms with van der Waals surface area (Å²) in [5.74, 6) is 0.881. The lowest BCUT2D eigenvalue weighted by atomic mass is 10.1. The molecule has 1 fully saturated rings. The normalized spacial score (nSPS) is 18.3. The molecule has 106 valence electrons. The zero-order valence-electron chi connectivity index (χ0n) is 11.3. The highest BCUT2D eigenvalue weighted by molar-refractivity contribution is 9.10. The van der Waals surface area contributed by atoms with Crippen molar-refractivity contribution in [1.29, 1.82) is 0 Å². The van der Waals surface area contributed by atoms with Crippen LogP contribution in [0.2, 0.25) is 0 Å². The molecule has 0 spiro atoms. The van der Waals surface area contributed by atoms with Crippen molar-refractivity contribution in [3.63, 3.8) is 0 Å². The molecule has 1 aliphatic heterocycles. The van der Waals surface area contributed by atoms with Gasteiger partial charge in [0.05, 0.1) is 13.2 Å². The maximum absolute atomic E-state index is 5.97. The molecule has 19 heavy (non-hydrogen) atoms. The molecule has 0 bridgehead atoms. The first-order valence-electron chi connectivity index (χ1n) is 6.65. The first kappa shape index (κ1) is 14.8. The number of ether oxygens (including phenoxy) is 2. The van der Waals surface area contributed by atoms with E-state index in [1.807, 2.05) is 25.1 Å². The Balaban J connectivity index is 1.88. The summed E-state index contributed by atoms with van der Waals surface area (Å²) >= 11 is 3.46. The molecule has 0 aliphatic carbocycles. The number of nitrogens with two attached hydrogens (primary N) is 1. The Labute approximate surface area is 123 Å². The van der Waals surface area contributed by atoms with Crippen LogP contribution in [0.5, 0.6) is 5.75 Å². The van der Waals surface area contributed by atoms with Gasteiger partial charge >= 0.3 is 0 Å². The fraction of sp³-hybridized carbons (Fsp3) is 0.571. The summed E-state index contributed by atoms with van der Waals surface area (Å²) in [6, 6.07) is 5.95. The highest BCUT2D eigenvalue weighted by Gasteiger charge is 2.12. The van der Waals surface area contributed by atoms with Crippen LogP contribution in [0.3, 0.4) is 0 Å². The van der Waals surface area contributed by atoms with E-state index in [4.69, 9.17) is 15.2 Å². The van der Waals surface area contributed by atoms with Gasteiger partial charge in [-0.25, -0.2) is 0 Å². The lowest BCUT2D eigenvalue weighted by Gasteiger charge is -2.26. The summed E-state index contributed by atoms with van der Waals surface area (Å²) < 4.78 is 12.2. The number of benzene rings is 1. The summed E-state index contributed by atoms with van der Waals surface area (Å²) in [6.07, 6.45) is 0. The van der Waals surface area contributed by atoms with Crippen LogP contribution >= 0.6 is 15.9 Å². The molecule has 2 rings (SSSR count). The van der Waals surface area contributed by atoms with Gasteiger partial charge in [0.15, 0.2) is 0 Å². The Hall–Kier alpha value is -0.620. The first-order chi connectivity index (χ1) is 9.16. The van der Waals surface area contributed by atoms with E-state index in [-0.39, 0.29) is 6.04 Å². The molecule has 0 radical (unpaired) electrons. The van der Waals surface area contributed by atoms with Gasteiger partial charge in [-0.2, -0.15) is 0 Å². The number of rotatable bonds is 5. The zero-order chi connectivity index (χ0) is 13.7. The van der Waals surface area contributed by atoms with E-state index in [9.17, 15) is 0 Å². The minimum atomic E-state index is -0.0316. The van der Waals surface area contributed by atoms with Gasteiger partial charge in [-0.3, -0.25) is 4.90 Å². The maximum Gasteiger partial charge on any atom is 0.124 e. The topological polar surface area (TPSA) is 47.7 Å². The van der Waals surface area contributed by atoms with Gasteiger partial charge in [-0.15, -0.1) is 0 Å².